The van der Waals surface area contributed by atoms with Gasteiger partial charge in [-0.15, -0.1) is 15.3 Å². The zero-order valence-electron chi connectivity index (χ0n) is 10.8. The summed E-state index contributed by atoms with van der Waals surface area (Å²) in [7, 11) is 0. The van der Waals surface area contributed by atoms with Gasteiger partial charge in [-0.2, -0.15) is 4.52 Å². The van der Waals surface area contributed by atoms with Crippen LogP contribution in [0.1, 0.15) is 38.4 Å². The Morgan fingerprint density at radius 2 is 1.83 bits per heavy atom. The van der Waals surface area contributed by atoms with Crippen molar-refractivity contribution < 1.29 is 0 Å². The molecule has 3 rings (SSSR count). The molecule has 0 unspecified atom stereocenters. The molecule has 1 fully saturated rings. The maximum Gasteiger partial charge on any atom is 0.178 e. The second-order valence-electron chi connectivity index (χ2n) is 4.83. The van der Waals surface area contributed by atoms with Gasteiger partial charge in [-0.05, 0) is 25.0 Å². The summed E-state index contributed by atoms with van der Waals surface area (Å²) in [6.07, 6.45) is 6.07. The van der Waals surface area contributed by atoms with E-state index in [-0.39, 0.29) is 0 Å². The maximum absolute atomic E-state index is 4.69. The molecule has 1 aliphatic heterocycles. The lowest BCUT2D eigenvalue weighted by Crippen LogP contribution is -2.25. The van der Waals surface area contributed by atoms with E-state index in [1.807, 2.05) is 10.6 Å². The Balaban J connectivity index is 1.95. The van der Waals surface area contributed by atoms with E-state index in [9.17, 15) is 0 Å². The first-order valence-electron chi connectivity index (χ1n) is 6.85. The summed E-state index contributed by atoms with van der Waals surface area (Å²) >= 11 is 0. The van der Waals surface area contributed by atoms with Crippen LogP contribution in [-0.4, -0.2) is 32.9 Å². The summed E-state index contributed by atoms with van der Waals surface area (Å²) in [5, 5.41) is 13.0. The van der Waals surface area contributed by atoms with Gasteiger partial charge in [-0.1, -0.05) is 19.8 Å². The van der Waals surface area contributed by atoms with Gasteiger partial charge in [-0.25, -0.2) is 0 Å². The van der Waals surface area contributed by atoms with Crippen LogP contribution in [0.25, 0.3) is 5.65 Å². The maximum atomic E-state index is 4.69. The lowest BCUT2D eigenvalue weighted by molar-refractivity contribution is 0.726. The summed E-state index contributed by atoms with van der Waals surface area (Å²) in [5.41, 5.74) is 0.838. The molecule has 0 radical (unpaired) electrons. The van der Waals surface area contributed by atoms with E-state index in [1.165, 1.54) is 25.7 Å². The summed E-state index contributed by atoms with van der Waals surface area (Å²) in [5.74, 6) is 1.99. The van der Waals surface area contributed by atoms with E-state index < -0.39 is 0 Å². The SMILES string of the molecule is CCc1nnc2ccc(N3CCCCCC3)nn12. The normalized spacial score (nSPS) is 17.1. The zero-order valence-corrected chi connectivity index (χ0v) is 10.8. The summed E-state index contributed by atoms with van der Waals surface area (Å²) < 4.78 is 1.88. The molecule has 0 saturated carbocycles. The Morgan fingerprint density at radius 1 is 1.06 bits per heavy atom. The third-order valence-electron chi connectivity index (χ3n) is 3.56. The highest BCUT2D eigenvalue weighted by atomic mass is 15.4. The Morgan fingerprint density at radius 3 is 2.56 bits per heavy atom. The fraction of sp³-hybridized carbons (Fsp3) is 0.615. The van der Waals surface area contributed by atoms with E-state index in [0.717, 1.165) is 36.8 Å². The van der Waals surface area contributed by atoms with Crippen LogP contribution in [0.4, 0.5) is 5.82 Å². The van der Waals surface area contributed by atoms with E-state index in [1.54, 1.807) is 0 Å². The third-order valence-corrected chi connectivity index (χ3v) is 3.56. The van der Waals surface area contributed by atoms with E-state index in [2.05, 4.69) is 33.2 Å². The van der Waals surface area contributed by atoms with Gasteiger partial charge in [0.2, 0.25) is 0 Å². The van der Waals surface area contributed by atoms with Crippen LogP contribution in [0.5, 0.6) is 0 Å². The number of hydrogen-bond donors (Lipinski definition) is 0. The first kappa shape index (κ1) is 11.4. The van der Waals surface area contributed by atoms with Crippen molar-refractivity contribution in [3.8, 4) is 0 Å². The molecule has 2 aromatic rings. The Labute approximate surface area is 107 Å². The lowest BCUT2D eigenvalue weighted by Gasteiger charge is -2.21. The van der Waals surface area contributed by atoms with Crippen LogP contribution in [0.15, 0.2) is 12.1 Å². The Bertz CT molecular complexity index is 525. The fourth-order valence-corrected chi connectivity index (χ4v) is 2.51. The predicted molar refractivity (Wildman–Crippen MR) is 70.8 cm³/mol. The number of aryl methyl sites for hydroxylation is 1. The molecule has 5 nitrogen and oxygen atoms in total. The number of rotatable bonds is 2. The number of nitrogens with zero attached hydrogens (tertiary/aromatic N) is 5. The molecule has 18 heavy (non-hydrogen) atoms. The minimum Gasteiger partial charge on any atom is -0.355 e. The third kappa shape index (κ3) is 2.05. The number of aromatic nitrogens is 4. The molecule has 1 aliphatic rings. The molecule has 1 saturated heterocycles. The number of fused-ring (bicyclic) bond motifs is 1. The van der Waals surface area contributed by atoms with Gasteiger partial charge in [-0.3, -0.25) is 0 Å². The average Bonchev–Trinajstić information content (AvgIpc) is 2.62. The van der Waals surface area contributed by atoms with Crippen molar-refractivity contribution in [3.63, 3.8) is 0 Å². The standard InChI is InChI=1S/C13H19N5/c1-2-11-14-15-12-7-8-13(16-18(11)12)17-9-5-3-4-6-10-17/h7-8H,2-6,9-10H2,1H3. The number of hydrogen-bond acceptors (Lipinski definition) is 4. The molecular formula is C13H19N5. The minimum atomic E-state index is 0.838. The van der Waals surface area contributed by atoms with Crippen LogP contribution >= 0.6 is 0 Å². The molecule has 96 valence electrons. The van der Waals surface area contributed by atoms with Crippen molar-refractivity contribution >= 4 is 11.5 Å². The van der Waals surface area contributed by atoms with Gasteiger partial charge in [0.15, 0.2) is 11.5 Å². The highest BCUT2D eigenvalue weighted by molar-refractivity contribution is 5.45. The Hall–Kier alpha value is -1.65. The van der Waals surface area contributed by atoms with Crippen LogP contribution in [-0.2, 0) is 6.42 Å². The number of anilines is 1. The van der Waals surface area contributed by atoms with Crippen LogP contribution in [0.2, 0.25) is 0 Å². The molecule has 0 spiro atoms. The summed E-state index contributed by atoms with van der Waals surface area (Å²) in [6.45, 7) is 4.31. The highest BCUT2D eigenvalue weighted by Gasteiger charge is 2.13. The molecule has 0 amide bonds. The van der Waals surface area contributed by atoms with E-state index in [0.29, 0.717) is 0 Å². The van der Waals surface area contributed by atoms with Gasteiger partial charge in [0, 0.05) is 19.5 Å². The average molecular weight is 245 g/mol. The van der Waals surface area contributed by atoms with Gasteiger partial charge < -0.3 is 4.90 Å². The zero-order chi connectivity index (χ0) is 12.4. The molecule has 3 heterocycles. The first-order chi connectivity index (χ1) is 8.88. The van der Waals surface area contributed by atoms with Gasteiger partial charge in [0.1, 0.15) is 5.82 Å². The highest BCUT2D eigenvalue weighted by Crippen LogP contribution is 2.17. The van der Waals surface area contributed by atoms with Crippen molar-refractivity contribution in [1.82, 2.24) is 19.8 Å². The second kappa shape index (κ2) is 4.92. The molecule has 2 aromatic heterocycles. The van der Waals surface area contributed by atoms with Crippen molar-refractivity contribution in [2.24, 2.45) is 0 Å². The molecule has 0 bridgehead atoms. The summed E-state index contributed by atoms with van der Waals surface area (Å²) in [6, 6.07) is 4.08. The van der Waals surface area contributed by atoms with Gasteiger partial charge in [0.25, 0.3) is 0 Å². The fourth-order valence-electron chi connectivity index (χ4n) is 2.51. The van der Waals surface area contributed by atoms with Crippen molar-refractivity contribution in [2.45, 2.75) is 39.0 Å². The van der Waals surface area contributed by atoms with Crippen LogP contribution < -0.4 is 4.90 Å². The second-order valence-corrected chi connectivity index (χ2v) is 4.83. The first-order valence-corrected chi connectivity index (χ1v) is 6.85. The van der Waals surface area contributed by atoms with E-state index in [4.69, 9.17) is 0 Å². The smallest absolute Gasteiger partial charge is 0.178 e. The molecule has 0 aromatic carbocycles. The molecular weight excluding hydrogens is 226 g/mol. The molecule has 0 aliphatic carbocycles. The van der Waals surface area contributed by atoms with Gasteiger partial charge in [0.05, 0.1) is 0 Å². The van der Waals surface area contributed by atoms with Crippen molar-refractivity contribution in [3.05, 3.63) is 18.0 Å². The molecule has 0 N–H and O–H groups in total. The minimum absolute atomic E-state index is 0.838. The quantitative estimate of drug-likeness (QED) is 0.812. The lowest BCUT2D eigenvalue weighted by atomic mass is 10.2. The summed E-state index contributed by atoms with van der Waals surface area (Å²) in [4.78, 5) is 2.38. The Kier molecular flexibility index (Phi) is 3.13. The predicted octanol–water partition coefficient (Wildman–Crippen LogP) is 2.07. The van der Waals surface area contributed by atoms with Crippen molar-refractivity contribution in [2.75, 3.05) is 18.0 Å². The van der Waals surface area contributed by atoms with Crippen LogP contribution in [0.3, 0.4) is 0 Å². The largest absolute Gasteiger partial charge is 0.355 e. The molecule has 0 atom stereocenters. The van der Waals surface area contributed by atoms with Crippen LogP contribution in [0, 0.1) is 0 Å². The van der Waals surface area contributed by atoms with E-state index >= 15 is 0 Å². The van der Waals surface area contributed by atoms with Crippen molar-refractivity contribution in [1.29, 1.82) is 0 Å². The molecule has 5 heteroatoms. The van der Waals surface area contributed by atoms with Gasteiger partial charge >= 0.3 is 0 Å². The topological polar surface area (TPSA) is 46.3 Å². The monoisotopic (exact) mass is 245 g/mol.